The maximum absolute atomic E-state index is 12.5. The van der Waals surface area contributed by atoms with Crippen LogP contribution < -0.4 is 0 Å². The van der Waals surface area contributed by atoms with Crippen LogP contribution in [0, 0.1) is 35.0 Å². The van der Waals surface area contributed by atoms with Gasteiger partial charge in [-0.15, -0.1) is 0 Å². The summed E-state index contributed by atoms with van der Waals surface area (Å²) in [5.74, 6) is 2.39. The van der Waals surface area contributed by atoms with Gasteiger partial charge in [-0.05, 0) is 76.0 Å². The molecule has 0 aromatic heterocycles. The van der Waals surface area contributed by atoms with E-state index in [9.17, 15) is 9.59 Å². The first kappa shape index (κ1) is 18.7. The molecule has 0 aromatic carbocycles. The van der Waals surface area contributed by atoms with Crippen molar-refractivity contribution in [2.24, 2.45) is 35.0 Å². The Labute approximate surface area is 152 Å². The van der Waals surface area contributed by atoms with Crippen molar-refractivity contribution in [1.82, 2.24) is 0 Å². The van der Waals surface area contributed by atoms with E-state index >= 15 is 0 Å². The highest BCUT2D eigenvalue weighted by molar-refractivity contribution is 5.80. The Morgan fingerprint density at radius 3 is 2.24 bits per heavy atom. The van der Waals surface area contributed by atoms with Gasteiger partial charge in [-0.1, -0.05) is 20.8 Å². The van der Waals surface area contributed by atoms with Gasteiger partial charge in [-0.3, -0.25) is 4.79 Å². The fraction of sp³-hybridized carbons (Fsp3) is 0.905. The predicted molar refractivity (Wildman–Crippen MR) is 95.7 cm³/mol. The number of hydrogen-bond acceptors (Lipinski definition) is 4. The van der Waals surface area contributed by atoms with E-state index in [4.69, 9.17) is 9.47 Å². The van der Waals surface area contributed by atoms with Crippen molar-refractivity contribution >= 4 is 11.9 Å². The molecule has 4 nitrogen and oxygen atoms in total. The van der Waals surface area contributed by atoms with E-state index in [-0.39, 0.29) is 24.1 Å². The molecule has 4 fully saturated rings. The van der Waals surface area contributed by atoms with Crippen molar-refractivity contribution in [3.63, 3.8) is 0 Å². The molecular formula is C21H34O4. The van der Waals surface area contributed by atoms with Crippen LogP contribution in [0.4, 0.5) is 0 Å². The van der Waals surface area contributed by atoms with Crippen molar-refractivity contribution in [2.75, 3.05) is 6.61 Å². The van der Waals surface area contributed by atoms with Crippen LogP contribution in [-0.2, 0) is 19.1 Å². The maximum Gasteiger partial charge on any atom is 0.344 e. The Bertz CT molecular complexity index is 522. The van der Waals surface area contributed by atoms with Crippen LogP contribution in [0.25, 0.3) is 0 Å². The molecule has 3 atom stereocenters. The minimum Gasteiger partial charge on any atom is -0.456 e. The third-order valence-corrected chi connectivity index (χ3v) is 7.12. The fourth-order valence-electron chi connectivity index (χ4n) is 6.03. The molecule has 0 saturated heterocycles. The highest BCUT2D eigenvalue weighted by Crippen LogP contribution is 2.61. The topological polar surface area (TPSA) is 52.6 Å². The highest BCUT2D eigenvalue weighted by atomic mass is 16.6. The molecule has 4 heteroatoms. The Morgan fingerprint density at radius 1 is 1.12 bits per heavy atom. The lowest BCUT2D eigenvalue weighted by Gasteiger charge is -2.61. The Morgan fingerprint density at radius 2 is 1.72 bits per heavy atom. The van der Waals surface area contributed by atoms with Gasteiger partial charge in [0.25, 0.3) is 0 Å². The minimum atomic E-state index is -0.554. The summed E-state index contributed by atoms with van der Waals surface area (Å²) < 4.78 is 11.4. The van der Waals surface area contributed by atoms with Gasteiger partial charge < -0.3 is 9.47 Å². The molecule has 0 radical (unpaired) electrons. The van der Waals surface area contributed by atoms with Crippen molar-refractivity contribution in [1.29, 1.82) is 0 Å². The van der Waals surface area contributed by atoms with Crippen molar-refractivity contribution < 1.29 is 19.1 Å². The van der Waals surface area contributed by atoms with E-state index < -0.39 is 5.41 Å². The van der Waals surface area contributed by atoms with E-state index in [1.165, 1.54) is 19.3 Å². The van der Waals surface area contributed by atoms with Crippen LogP contribution >= 0.6 is 0 Å². The molecule has 0 aromatic rings. The van der Waals surface area contributed by atoms with Gasteiger partial charge >= 0.3 is 11.9 Å². The molecule has 4 saturated carbocycles. The van der Waals surface area contributed by atoms with Gasteiger partial charge in [-0.2, -0.15) is 0 Å². The molecule has 142 valence electrons. The molecule has 4 aliphatic rings. The molecule has 0 N–H and O–H groups in total. The lowest BCUT2D eigenvalue weighted by Crippen LogP contribution is -2.60. The van der Waals surface area contributed by atoms with Crippen LogP contribution in [0.2, 0.25) is 0 Å². The SMILES string of the molecule is CCC(C)(C)C(=O)OCC(=O)OC12CC3CC(CC(C3)C1C(C)C)C2. The Kier molecular flexibility index (Phi) is 4.93. The monoisotopic (exact) mass is 350 g/mol. The molecule has 0 spiro atoms. The summed E-state index contributed by atoms with van der Waals surface area (Å²) in [6, 6.07) is 0. The van der Waals surface area contributed by atoms with Crippen LogP contribution in [0.1, 0.15) is 73.1 Å². The number of hydrogen-bond donors (Lipinski definition) is 0. The first-order valence-electron chi connectivity index (χ1n) is 10.1. The molecule has 4 rings (SSSR count). The molecule has 3 unspecified atom stereocenters. The normalized spacial score (nSPS) is 36.6. The highest BCUT2D eigenvalue weighted by Gasteiger charge is 2.59. The number of rotatable bonds is 6. The standard InChI is InChI=1S/C21H34O4/c1-6-20(4,5)19(23)24-12-17(22)25-21-10-14-7-15(11-21)9-16(8-14)18(21)13(2)3/h13-16,18H,6-12H2,1-5H3. The van der Waals surface area contributed by atoms with Gasteiger partial charge in [-0.25, -0.2) is 4.79 Å². The van der Waals surface area contributed by atoms with E-state index in [0.717, 1.165) is 12.8 Å². The van der Waals surface area contributed by atoms with Gasteiger partial charge in [0.2, 0.25) is 0 Å². The minimum absolute atomic E-state index is 0.255. The summed E-state index contributed by atoms with van der Waals surface area (Å²) in [6.07, 6.45) is 6.61. The lowest BCUT2D eigenvalue weighted by atomic mass is 9.47. The summed E-state index contributed by atoms with van der Waals surface area (Å²) in [7, 11) is 0. The third-order valence-electron chi connectivity index (χ3n) is 7.12. The van der Waals surface area contributed by atoms with Crippen molar-refractivity contribution in [3.8, 4) is 0 Å². The van der Waals surface area contributed by atoms with Crippen LogP contribution in [-0.4, -0.2) is 24.1 Å². The molecule has 0 aliphatic heterocycles. The predicted octanol–water partition coefficient (Wildman–Crippen LogP) is 4.36. The first-order valence-corrected chi connectivity index (χ1v) is 10.1. The molecule has 25 heavy (non-hydrogen) atoms. The van der Waals surface area contributed by atoms with E-state index in [1.807, 2.05) is 20.8 Å². The molecule has 4 aliphatic carbocycles. The average molecular weight is 350 g/mol. The lowest BCUT2D eigenvalue weighted by molar-refractivity contribution is -0.219. The number of carbonyl (C=O) groups is 2. The van der Waals surface area contributed by atoms with Crippen molar-refractivity contribution in [3.05, 3.63) is 0 Å². The van der Waals surface area contributed by atoms with E-state index in [1.54, 1.807) is 0 Å². The van der Waals surface area contributed by atoms with Crippen LogP contribution in [0.5, 0.6) is 0 Å². The van der Waals surface area contributed by atoms with Gasteiger partial charge in [0, 0.05) is 5.92 Å². The van der Waals surface area contributed by atoms with Crippen molar-refractivity contribution in [2.45, 2.75) is 78.7 Å². The summed E-state index contributed by atoms with van der Waals surface area (Å²) in [5.41, 5.74) is -0.867. The number of carbonyl (C=O) groups excluding carboxylic acids is 2. The largest absolute Gasteiger partial charge is 0.456 e. The van der Waals surface area contributed by atoms with Gasteiger partial charge in [0.1, 0.15) is 5.60 Å². The molecule has 4 bridgehead atoms. The summed E-state index contributed by atoms with van der Waals surface area (Å²) in [4.78, 5) is 24.6. The molecule has 0 amide bonds. The zero-order valence-corrected chi connectivity index (χ0v) is 16.5. The summed E-state index contributed by atoms with van der Waals surface area (Å²) >= 11 is 0. The first-order chi connectivity index (χ1) is 11.7. The zero-order chi connectivity index (χ0) is 18.4. The fourth-order valence-corrected chi connectivity index (χ4v) is 6.03. The zero-order valence-electron chi connectivity index (χ0n) is 16.5. The summed E-state index contributed by atoms with van der Waals surface area (Å²) in [5, 5.41) is 0. The molecule has 0 heterocycles. The Hall–Kier alpha value is -1.06. The second-order valence-electron chi connectivity index (χ2n) is 9.73. The van der Waals surface area contributed by atoms with Gasteiger partial charge in [0.15, 0.2) is 6.61 Å². The number of esters is 2. The Balaban J connectivity index is 1.66. The van der Waals surface area contributed by atoms with E-state index in [0.29, 0.717) is 36.0 Å². The average Bonchev–Trinajstić information content (AvgIpc) is 2.50. The number of ether oxygens (including phenoxy) is 2. The van der Waals surface area contributed by atoms with Gasteiger partial charge in [0.05, 0.1) is 5.41 Å². The smallest absolute Gasteiger partial charge is 0.344 e. The molecular weight excluding hydrogens is 316 g/mol. The maximum atomic E-state index is 12.5. The van der Waals surface area contributed by atoms with E-state index in [2.05, 4.69) is 13.8 Å². The van der Waals surface area contributed by atoms with Crippen LogP contribution in [0.3, 0.4) is 0 Å². The third kappa shape index (κ3) is 3.46. The quantitative estimate of drug-likeness (QED) is 0.668. The second kappa shape index (κ2) is 6.59. The second-order valence-corrected chi connectivity index (χ2v) is 9.73. The van der Waals surface area contributed by atoms with Crippen LogP contribution in [0.15, 0.2) is 0 Å². The summed E-state index contributed by atoms with van der Waals surface area (Å²) in [6.45, 7) is 9.89.